The van der Waals surface area contributed by atoms with Crippen molar-refractivity contribution in [2.45, 2.75) is 56.5 Å². The molecule has 0 bridgehead atoms. The van der Waals surface area contributed by atoms with Crippen LogP contribution in [-0.4, -0.2) is 34.7 Å². The molecule has 0 unspecified atom stereocenters. The molecule has 0 radical (unpaired) electrons. The van der Waals surface area contributed by atoms with Gasteiger partial charge in [-0.1, -0.05) is 6.42 Å². The van der Waals surface area contributed by atoms with E-state index in [4.69, 9.17) is 14.2 Å². The summed E-state index contributed by atoms with van der Waals surface area (Å²) in [4.78, 5) is 25.8. The van der Waals surface area contributed by atoms with Gasteiger partial charge in [-0.3, -0.25) is 14.7 Å². The maximum absolute atomic E-state index is 13.2. The van der Waals surface area contributed by atoms with Crippen LogP contribution < -0.4 is 14.2 Å². The molecule has 1 atom stereocenters. The molecule has 3 heterocycles. The second-order valence-electron chi connectivity index (χ2n) is 9.46. The number of aromatic nitrogens is 2. The van der Waals surface area contributed by atoms with Crippen LogP contribution in [0.3, 0.4) is 0 Å². The lowest BCUT2D eigenvalue weighted by molar-refractivity contribution is -0.135. The summed E-state index contributed by atoms with van der Waals surface area (Å²) >= 11 is 0. The van der Waals surface area contributed by atoms with Crippen molar-refractivity contribution in [1.29, 1.82) is 0 Å². The number of nitrogens with one attached hydrogen (secondary N) is 1. The molecule has 2 aliphatic heterocycles. The summed E-state index contributed by atoms with van der Waals surface area (Å²) in [7, 11) is 1.63. The Balaban J connectivity index is 1.48. The van der Waals surface area contributed by atoms with Crippen molar-refractivity contribution in [3.05, 3.63) is 59.3 Å². The lowest BCUT2D eigenvalue weighted by Crippen LogP contribution is -2.44. The van der Waals surface area contributed by atoms with Crippen LogP contribution in [0.5, 0.6) is 17.2 Å². The first kappa shape index (κ1) is 21.0. The van der Waals surface area contributed by atoms with Crippen molar-refractivity contribution in [1.82, 2.24) is 10.2 Å². The number of aromatic amines is 1. The van der Waals surface area contributed by atoms with Gasteiger partial charge in [0.05, 0.1) is 37.4 Å². The molecule has 2 aromatic carbocycles. The molecule has 1 spiro atoms. The van der Waals surface area contributed by atoms with Crippen LogP contribution in [0.25, 0.3) is 11.3 Å². The van der Waals surface area contributed by atoms with Crippen LogP contribution >= 0.6 is 0 Å². The Labute approximate surface area is 197 Å². The zero-order valence-electron chi connectivity index (χ0n) is 19.1. The summed E-state index contributed by atoms with van der Waals surface area (Å²) in [6.45, 7) is 0. The number of rotatable bonds is 3. The van der Waals surface area contributed by atoms with Gasteiger partial charge in [0.15, 0.2) is 5.78 Å². The number of hydrogen-bond donors (Lipinski definition) is 1. The minimum atomic E-state index is -0.460. The Kier molecular flexibility index (Phi) is 4.94. The molecular formula is C27H26N2O5. The van der Waals surface area contributed by atoms with Gasteiger partial charge in [-0.25, -0.2) is 0 Å². The molecule has 1 N–H and O–H groups in total. The standard InChI is InChI=1S/C27H26N2O5/c1-32-17-7-5-16(6-8-17)25-20(15-28-29-25)19-13-23(31)33-22-10-9-18-21(30)14-27(11-3-2-4-12-27)34-26(18)24(19)22/h5-10,15,19H,2-4,11-14H2,1H3,(H,28,29)/t19-/m0/s1. The lowest BCUT2D eigenvalue weighted by atomic mass is 9.76. The summed E-state index contributed by atoms with van der Waals surface area (Å²) in [5, 5.41) is 7.41. The molecule has 7 heteroatoms. The summed E-state index contributed by atoms with van der Waals surface area (Å²) in [6.07, 6.45) is 7.33. The second-order valence-corrected chi connectivity index (χ2v) is 9.46. The van der Waals surface area contributed by atoms with Crippen molar-refractivity contribution in [2.75, 3.05) is 7.11 Å². The second kappa shape index (κ2) is 8.01. The maximum atomic E-state index is 13.2. The highest BCUT2D eigenvalue weighted by atomic mass is 16.5. The monoisotopic (exact) mass is 458 g/mol. The molecule has 6 rings (SSSR count). The van der Waals surface area contributed by atoms with Crippen LogP contribution in [0.1, 0.15) is 72.3 Å². The number of fused-ring (bicyclic) bond motifs is 3. The number of Topliss-reactive ketones (excluding diaryl/α,β-unsaturated/α-hetero) is 1. The van der Waals surface area contributed by atoms with Gasteiger partial charge in [0.1, 0.15) is 22.8 Å². The van der Waals surface area contributed by atoms with Crippen LogP contribution in [0.2, 0.25) is 0 Å². The predicted molar refractivity (Wildman–Crippen MR) is 125 cm³/mol. The molecule has 7 nitrogen and oxygen atoms in total. The quantitative estimate of drug-likeness (QED) is 0.429. The molecule has 3 aliphatic rings. The number of ketones is 1. The fourth-order valence-corrected chi connectivity index (χ4v) is 5.69. The average molecular weight is 459 g/mol. The maximum Gasteiger partial charge on any atom is 0.312 e. The first-order valence-electron chi connectivity index (χ1n) is 11.8. The number of methoxy groups -OCH3 is 1. The first-order chi connectivity index (χ1) is 16.6. The number of benzene rings is 2. The van der Waals surface area contributed by atoms with Crippen LogP contribution in [-0.2, 0) is 4.79 Å². The Morgan fingerprint density at radius 1 is 1.06 bits per heavy atom. The third-order valence-corrected chi connectivity index (χ3v) is 7.39. The third-order valence-electron chi connectivity index (χ3n) is 7.39. The van der Waals surface area contributed by atoms with E-state index in [1.807, 2.05) is 24.3 Å². The summed E-state index contributed by atoms with van der Waals surface area (Å²) in [5.41, 5.74) is 3.51. The summed E-state index contributed by atoms with van der Waals surface area (Å²) in [6, 6.07) is 11.1. The predicted octanol–water partition coefficient (Wildman–Crippen LogP) is 5.19. The van der Waals surface area contributed by atoms with Crippen molar-refractivity contribution >= 4 is 11.8 Å². The van der Waals surface area contributed by atoms with Crippen molar-refractivity contribution in [3.8, 4) is 28.5 Å². The fraction of sp³-hybridized carbons (Fsp3) is 0.370. The van der Waals surface area contributed by atoms with Gasteiger partial charge in [0.2, 0.25) is 0 Å². The van der Waals surface area contributed by atoms with E-state index >= 15 is 0 Å². The van der Waals surface area contributed by atoms with Crippen LogP contribution in [0.15, 0.2) is 42.6 Å². The lowest BCUT2D eigenvalue weighted by Gasteiger charge is -2.42. The first-order valence-corrected chi connectivity index (χ1v) is 11.8. The molecule has 174 valence electrons. The molecule has 0 saturated heterocycles. The van der Waals surface area contributed by atoms with E-state index in [0.29, 0.717) is 23.5 Å². The normalized spacial score (nSPS) is 20.8. The minimum Gasteiger partial charge on any atom is -0.497 e. The van der Waals surface area contributed by atoms with Gasteiger partial charge in [0.25, 0.3) is 0 Å². The van der Waals surface area contributed by atoms with Crippen molar-refractivity contribution in [3.63, 3.8) is 0 Å². The number of carbonyl (C=O) groups excluding carboxylic acids is 2. The van der Waals surface area contributed by atoms with E-state index in [2.05, 4.69) is 10.2 Å². The number of nitrogens with zero attached hydrogens (tertiary/aromatic N) is 1. The van der Waals surface area contributed by atoms with E-state index in [9.17, 15) is 9.59 Å². The van der Waals surface area contributed by atoms with E-state index < -0.39 is 5.60 Å². The summed E-state index contributed by atoms with van der Waals surface area (Å²) < 4.78 is 17.6. The van der Waals surface area contributed by atoms with Crippen molar-refractivity contribution in [2.24, 2.45) is 0 Å². The fourth-order valence-electron chi connectivity index (χ4n) is 5.69. The number of carbonyl (C=O) groups is 2. The SMILES string of the molecule is COc1ccc(-c2[nH]ncc2[C@@H]2CC(=O)Oc3ccc4c(c32)OC2(CCCCC2)CC4=O)cc1. The molecule has 1 saturated carbocycles. The summed E-state index contributed by atoms with van der Waals surface area (Å²) in [5.74, 6) is 1.25. The average Bonchev–Trinajstić information content (AvgIpc) is 3.33. The Morgan fingerprint density at radius 2 is 1.85 bits per heavy atom. The molecule has 1 aromatic heterocycles. The largest absolute Gasteiger partial charge is 0.497 e. The van der Waals surface area contributed by atoms with E-state index in [1.165, 1.54) is 6.42 Å². The van der Waals surface area contributed by atoms with E-state index in [0.717, 1.165) is 53.8 Å². The number of ether oxygens (including phenoxy) is 3. The zero-order chi connectivity index (χ0) is 23.3. The Bertz CT molecular complexity index is 1270. The van der Waals surface area contributed by atoms with Gasteiger partial charge in [-0.15, -0.1) is 0 Å². The smallest absolute Gasteiger partial charge is 0.312 e. The third kappa shape index (κ3) is 3.38. The number of esters is 1. The molecular weight excluding hydrogens is 432 g/mol. The van der Waals surface area contributed by atoms with Gasteiger partial charge in [-0.05, 0) is 62.1 Å². The molecule has 34 heavy (non-hydrogen) atoms. The van der Waals surface area contributed by atoms with Crippen LogP contribution in [0, 0.1) is 0 Å². The highest BCUT2D eigenvalue weighted by molar-refractivity contribution is 6.01. The van der Waals surface area contributed by atoms with Crippen molar-refractivity contribution < 1.29 is 23.8 Å². The van der Waals surface area contributed by atoms with Gasteiger partial charge >= 0.3 is 5.97 Å². The molecule has 3 aromatic rings. The molecule has 1 aliphatic carbocycles. The zero-order valence-corrected chi connectivity index (χ0v) is 19.1. The van der Waals surface area contributed by atoms with Crippen LogP contribution in [0.4, 0.5) is 0 Å². The highest BCUT2D eigenvalue weighted by Crippen LogP contribution is 2.52. The topological polar surface area (TPSA) is 90.5 Å². The number of hydrogen-bond acceptors (Lipinski definition) is 6. The highest BCUT2D eigenvalue weighted by Gasteiger charge is 2.45. The molecule has 0 amide bonds. The Hall–Kier alpha value is -3.61. The van der Waals surface area contributed by atoms with E-state index in [1.54, 1.807) is 25.4 Å². The Morgan fingerprint density at radius 3 is 2.62 bits per heavy atom. The molecule has 1 fully saturated rings. The van der Waals surface area contributed by atoms with Gasteiger partial charge in [-0.2, -0.15) is 5.10 Å². The van der Waals surface area contributed by atoms with E-state index in [-0.39, 0.29) is 24.1 Å². The van der Waals surface area contributed by atoms with Gasteiger partial charge < -0.3 is 14.2 Å². The van der Waals surface area contributed by atoms with Gasteiger partial charge in [0, 0.05) is 22.6 Å². The minimum absolute atomic E-state index is 0.101. The number of H-pyrrole nitrogens is 1.